The Labute approximate surface area is 188 Å². The minimum absolute atomic E-state index is 0.0645. The highest BCUT2D eigenvalue weighted by molar-refractivity contribution is 5.84. The molecule has 33 heavy (non-hydrogen) atoms. The van der Waals surface area contributed by atoms with Gasteiger partial charge in [-0.2, -0.15) is 0 Å². The van der Waals surface area contributed by atoms with Crippen LogP contribution in [0.15, 0.2) is 51.9 Å². The molecule has 176 valence electrons. The van der Waals surface area contributed by atoms with Gasteiger partial charge in [0.15, 0.2) is 11.5 Å². The lowest BCUT2D eigenvalue weighted by Crippen LogP contribution is -2.60. The number of hydrogen-bond donors (Lipinski definition) is 4. The lowest BCUT2D eigenvalue weighted by molar-refractivity contribution is -0.277. The van der Waals surface area contributed by atoms with Crippen LogP contribution in [0.3, 0.4) is 0 Å². The second kappa shape index (κ2) is 9.38. The largest absolute Gasteiger partial charge is 0.497 e. The maximum atomic E-state index is 13.1. The highest BCUT2D eigenvalue weighted by atomic mass is 16.7. The molecular formula is C23H24O10. The minimum Gasteiger partial charge on any atom is -0.497 e. The molecular weight excluding hydrogens is 436 g/mol. The zero-order valence-corrected chi connectivity index (χ0v) is 17.9. The van der Waals surface area contributed by atoms with Crippen LogP contribution in [-0.2, 0) is 4.74 Å². The van der Waals surface area contributed by atoms with Gasteiger partial charge in [-0.05, 0) is 23.8 Å². The van der Waals surface area contributed by atoms with Crippen molar-refractivity contribution in [3.63, 3.8) is 0 Å². The van der Waals surface area contributed by atoms with Crippen molar-refractivity contribution in [3.8, 4) is 28.4 Å². The Morgan fingerprint density at radius 2 is 1.67 bits per heavy atom. The summed E-state index contributed by atoms with van der Waals surface area (Å²) >= 11 is 0. The highest BCUT2D eigenvalue weighted by Gasteiger charge is 2.45. The molecule has 10 nitrogen and oxygen atoms in total. The molecule has 1 aromatic heterocycles. The molecule has 3 aromatic rings. The Kier molecular flexibility index (Phi) is 6.54. The van der Waals surface area contributed by atoms with Crippen molar-refractivity contribution >= 4 is 11.0 Å². The van der Waals surface area contributed by atoms with Gasteiger partial charge in [-0.1, -0.05) is 12.1 Å². The molecule has 1 saturated heterocycles. The summed E-state index contributed by atoms with van der Waals surface area (Å²) in [6.07, 6.45) is -5.94. The second-order valence-corrected chi connectivity index (χ2v) is 7.52. The van der Waals surface area contributed by atoms with Crippen LogP contribution >= 0.6 is 0 Å². The fourth-order valence-electron chi connectivity index (χ4n) is 3.65. The molecule has 0 spiro atoms. The van der Waals surface area contributed by atoms with Crippen LogP contribution in [0, 0.1) is 0 Å². The van der Waals surface area contributed by atoms with Gasteiger partial charge in [0, 0.05) is 6.07 Å². The molecule has 0 bridgehead atoms. The van der Waals surface area contributed by atoms with E-state index in [4.69, 9.17) is 23.4 Å². The van der Waals surface area contributed by atoms with Crippen molar-refractivity contribution in [2.45, 2.75) is 30.7 Å². The van der Waals surface area contributed by atoms with E-state index in [1.807, 2.05) is 0 Å². The maximum absolute atomic E-state index is 13.1. The lowest BCUT2D eigenvalue weighted by Gasteiger charge is -2.39. The average molecular weight is 460 g/mol. The Bertz CT molecular complexity index is 1170. The van der Waals surface area contributed by atoms with E-state index in [0.717, 1.165) is 0 Å². The number of benzene rings is 2. The lowest BCUT2D eigenvalue weighted by atomic mass is 9.99. The molecule has 2 heterocycles. The van der Waals surface area contributed by atoms with Crippen LogP contribution in [0.4, 0.5) is 0 Å². The summed E-state index contributed by atoms with van der Waals surface area (Å²) in [5, 5.41) is 39.7. The molecule has 5 atom stereocenters. The van der Waals surface area contributed by atoms with Crippen LogP contribution < -0.4 is 19.6 Å². The third-order valence-electron chi connectivity index (χ3n) is 5.55. The first-order chi connectivity index (χ1) is 15.9. The summed E-state index contributed by atoms with van der Waals surface area (Å²) in [5.74, 6) is 0.869. The van der Waals surface area contributed by atoms with E-state index in [1.54, 1.807) is 31.4 Å². The first-order valence-electron chi connectivity index (χ1n) is 10.1. The van der Waals surface area contributed by atoms with Gasteiger partial charge < -0.3 is 43.8 Å². The van der Waals surface area contributed by atoms with Crippen molar-refractivity contribution < 1.29 is 43.8 Å². The summed E-state index contributed by atoms with van der Waals surface area (Å²) in [6.45, 7) is -0.595. The van der Waals surface area contributed by atoms with Gasteiger partial charge in [0.1, 0.15) is 42.0 Å². The van der Waals surface area contributed by atoms with Crippen molar-refractivity contribution in [2.75, 3.05) is 20.8 Å². The van der Waals surface area contributed by atoms with Crippen molar-refractivity contribution in [1.82, 2.24) is 0 Å². The summed E-state index contributed by atoms with van der Waals surface area (Å²) in [4.78, 5) is 13.1. The Hall–Kier alpha value is -3.15. The van der Waals surface area contributed by atoms with E-state index in [1.165, 1.54) is 25.5 Å². The summed E-state index contributed by atoms with van der Waals surface area (Å²) in [7, 11) is 2.92. The van der Waals surface area contributed by atoms with Gasteiger partial charge in [0.2, 0.25) is 11.7 Å². The minimum atomic E-state index is -1.60. The summed E-state index contributed by atoms with van der Waals surface area (Å²) in [5.41, 5.74) is 0.888. The number of aliphatic hydroxyl groups excluding tert-OH is 4. The second-order valence-electron chi connectivity index (χ2n) is 7.52. The number of methoxy groups -OCH3 is 2. The van der Waals surface area contributed by atoms with E-state index < -0.39 is 37.3 Å². The molecule has 0 amide bonds. The predicted molar refractivity (Wildman–Crippen MR) is 115 cm³/mol. The Morgan fingerprint density at radius 1 is 0.939 bits per heavy atom. The number of fused-ring (bicyclic) bond motifs is 1. The van der Waals surface area contributed by atoms with Crippen LogP contribution in [0.5, 0.6) is 17.2 Å². The molecule has 1 aliphatic rings. The van der Waals surface area contributed by atoms with Crippen LogP contribution in [0.2, 0.25) is 0 Å². The number of rotatable bonds is 6. The zero-order valence-electron chi connectivity index (χ0n) is 17.9. The molecule has 2 aromatic carbocycles. The summed E-state index contributed by atoms with van der Waals surface area (Å²) < 4.78 is 27.2. The third kappa shape index (κ3) is 4.26. The zero-order chi connectivity index (χ0) is 23.7. The number of hydrogen-bond acceptors (Lipinski definition) is 10. The standard InChI is InChI=1S/C23H24O10/c1-29-12-5-3-11(4-6-12)14-10-31-15-8-17(16(30-2)7-13(15)19(14)25)32-23-22(28)21(27)20(26)18(9-24)33-23/h3-8,10,18,20-24,26-28H,9H2,1-2H3/t18-,20-,21+,22-,23?/m1/s1. The maximum Gasteiger partial charge on any atom is 0.229 e. The van der Waals surface area contributed by atoms with Gasteiger partial charge in [-0.15, -0.1) is 0 Å². The smallest absolute Gasteiger partial charge is 0.229 e. The number of ether oxygens (including phenoxy) is 4. The van der Waals surface area contributed by atoms with Gasteiger partial charge in [-0.3, -0.25) is 4.79 Å². The molecule has 0 radical (unpaired) electrons. The number of aliphatic hydroxyl groups is 4. The van der Waals surface area contributed by atoms with E-state index >= 15 is 0 Å². The van der Waals surface area contributed by atoms with E-state index in [-0.39, 0.29) is 27.9 Å². The van der Waals surface area contributed by atoms with E-state index in [2.05, 4.69) is 0 Å². The van der Waals surface area contributed by atoms with Gasteiger partial charge in [0.25, 0.3) is 0 Å². The molecule has 0 saturated carbocycles. The molecule has 4 N–H and O–H groups in total. The van der Waals surface area contributed by atoms with E-state index in [9.17, 15) is 25.2 Å². The van der Waals surface area contributed by atoms with Crippen LogP contribution in [-0.4, -0.2) is 72.0 Å². The fourth-order valence-corrected chi connectivity index (χ4v) is 3.65. The van der Waals surface area contributed by atoms with Crippen LogP contribution in [0.1, 0.15) is 0 Å². The molecule has 1 unspecified atom stereocenters. The molecule has 1 fully saturated rings. The Balaban J connectivity index is 1.70. The van der Waals surface area contributed by atoms with Crippen molar-refractivity contribution in [1.29, 1.82) is 0 Å². The van der Waals surface area contributed by atoms with Gasteiger partial charge in [-0.25, -0.2) is 0 Å². The molecule has 10 heteroatoms. The monoisotopic (exact) mass is 460 g/mol. The van der Waals surface area contributed by atoms with Gasteiger partial charge in [0.05, 0.1) is 31.8 Å². The average Bonchev–Trinajstić information content (AvgIpc) is 2.84. The van der Waals surface area contributed by atoms with Crippen molar-refractivity contribution in [2.24, 2.45) is 0 Å². The molecule has 1 aliphatic heterocycles. The normalized spacial score (nSPS) is 25.1. The molecule has 0 aliphatic carbocycles. The topological polar surface area (TPSA) is 148 Å². The predicted octanol–water partition coefficient (Wildman–Crippen LogP) is 0.656. The SMILES string of the molecule is COc1ccc(-c2coc3cc(OC4O[C@H](CO)[C@@H](O)[C@H](O)[C@H]4O)c(OC)cc3c2=O)cc1. The van der Waals surface area contributed by atoms with Crippen LogP contribution in [0.25, 0.3) is 22.1 Å². The first kappa shape index (κ1) is 23.0. The fraction of sp³-hybridized carbons (Fsp3) is 0.348. The van der Waals surface area contributed by atoms with Crippen molar-refractivity contribution in [3.05, 3.63) is 52.9 Å². The Morgan fingerprint density at radius 3 is 2.30 bits per heavy atom. The molecule has 4 rings (SSSR count). The third-order valence-corrected chi connectivity index (χ3v) is 5.55. The van der Waals surface area contributed by atoms with E-state index in [0.29, 0.717) is 16.9 Å². The van der Waals surface area contributed by atoms with Gasteiger partial charge >= 0.3 is 0 Å². The first-order valence-corrected chi connectivity index (χ1v) is 10.1. The highest BCUT2D eigenvalue weighted by Crippen LogP contribution is 2.35. The quantitative estimate of drug-likeness (QED) is 0.413. The summed E-state index contributed by atoms with van der Waals surface area (Å²) in [6, 6.07) is 9.78.